The minimum Gasteiger partial charge on any atom is -0.494 e. The molecule has 1 heterocycles. The molecule has 158 valence electrons. The van der Waals surface area contributed by atoms with Gasteiger partial charge in [0.1, 0.15) is 5.75 Å². The largest absolute Gasteiger partial charge is 0.494 e. The zero-order valence-electron chi connectivity index (χ0n) is 17.5. The number of hydrogen-bond donors (Lipinski definition) is 1. The Morgan fingerprint density at radius 1 is 0.968 bits per heavy atom. The lowest BCUT2D eigenvalue weighted by Gasteiger charge is -2.23. The Balaban J connectivity index is 1.56. The Kier molecular flexibility index (Phi) is 5.87. The number of para-hydroxylation sites is 1. The Bertz CT molecular complexity index is 1080. The van der Waals surface area contributed by atoms with E-state index in [0.29, 0.717) is 42.1 Å². The average Bonchev–Trinajstić information content (AvgIpc) is 3.00. The molecule has 3 aromatic carbocycles. The molecular formula is C26H25NO4. The molecule has 0 radical (unpaired) electrons. The summed E-state index contributed by atoms with van der Waals surface area (Å²) in [6, 6.07) is 23.8. The highest BCUT2D eigenvalue weighted by atomic mass is 16.5. The van der Waals surface area contributed by atoms with Crippen molar-refractivity contribution in [2.75, 3.05) is 18.1 Å². The van der Waals surface area contributed by atoms with Crippen molar-refractivity contribution in [2.45, 2.75) is 25.4 Å². The predicted molar refractivity (Wildman–Crippen MR) is 119 cm³/mol. The molecule has 1 aliphatic heterocycles. The Morgan fingerprint density at radius 3 is 2.35 bits per heavy atom. The second-order valence-corrected chi connectivity index (χ2v) is 7.63. The second kappa shape index (κ2) is 8.74. The Labute approximate surface area is 181 Å². The van der Waals surface area contributed by atoms with Crippen LogP contribution in [-0.2, 0) is 16.8 Å². The van der Waals surface area contributed by atoms with Gasteiger partial charge in [0.15, 0.2) is 11.4 Å². The van der Waals surface area contributed by atoms with E-state index in [1.807, 2.05) is 49.4 Å². The summed E-state index contributed by atoms with van der Waals surface area (Å²) in [7, 11) is 0. The van der Waals surface area contributed by atoms with Gasteiger partial charge in [-0.1, -0.05) is 48.5 Å². The lowest BCUT2D eigenvalue weighted by atomic mass is 9.88. The number of ether oxygens (including phenoxy) is 1. The van der Waals surface area contributed by atoms with Crippen LogP contribution in [0.2, 0.25) is 0 Å². The van der Waals surface area contributed by atoms with Gasteiger partial charge in [0.2, 0.25) is 0 Å². The third-order valence-corrected chi connectivity index (χ3v) is 5.61. The first-order valence-corrected chi connectivity index (χ1v) is 10.5. The van der Waals surface area contributed by atoms with E-state index in [0.717, 1.165) is 5.56 Å². The monoisotopic (exact) mass is 415 g/mol. The smallest absolute Gasteiger partial charge is 0.264 e. The number of Topliss-reactive ketones (excluding diaryl/α,β-unsaturated/α-hetero) is 1. The topological polar surface area (TPSA) is 66.8 Å². The van der Waals surface area contributed by atoms with E-state index in [1.165, 1.54) is 0 Å². The fraction of sp³-hybridized carbons (Fsp3) is 0.231. The van der Waals surface area contributed by atoms with Crippen molar-refractivity contribution in [1.29, 1.82) is 0 Å². The number of benzene rings is 3. The number of rotatable bonds is 8. The molecule has 0 saturated carbocycles. The van der Waals surface area contributed by atoms with E-state index in [2.05, 4.69) is 0 Å². The highest BCUT2D eigenvalue weighted by Gasteiger charge is 2.50. The summed E-state index contributed by atoms with van der Waals surface area (Å²) >= 11 is 0. The van der Waals surface area contributed by atoms with Crippen molar-refractivity contribution >= 4 is 17.4 Å². The van der Waals surface area contributed by atoms with Crippen LogP contribution < -0.4 is 9.64 Å². The van der Waals surface area contributed by atoms with Gasteiger partial charge in [-0.15, -0.1) is 0 Å². The number of fused-ring (bicyclic) bond motifs is 1. The Hall–Kier alpha value is -3.44. The first-order chi connectivity index (χ1) is 15.0. The molecule has 1 aliphatic rings. The maximum atomic E-state index is 13.3. The first kappa shape index (κ1) is 20.8. The van der Waals surface area contributed by atoms with E-state index >= 15 is 0 Å². The fourth-order valence-corrected chi connectivity index (χ4v) is 4.02. The van der Waals surface area contributed by atoms with Crippen molar-refractivity contribution in [1.82, 2.24) is 0 Å². The average molecular weight is 415 g/mol. The number of carbonyl (C=O) groups is 2. The van der Waals surface area contributed by atoms with E-state index in [-0.39, 0.29) is 12.2 Å². The molecule has 5 heteroatoms. The third kappa shape index (κ3) is 4.09. The number of carbonyl (C=O) groups excluding carboxylic acids is 2. The van der Waals surface area contributed by atoms with Gasteiger partial charge in [0.05, 0.1) is 18.7 Å². The molecule has 1 unspecified atom stereocenters. The fourth-order valence-electron chi connectivity index (χ4n) is 4.02. The van der Waals surface area contributed by atoms with E-state index in [1.54, 1.807) is 41.3 Å². The summed E-state index contributed by atoms with van der Waals surface area (Å²) < 4.78 is 5.41. The molecule has 0 aromatic heterocycles. The van der Waals surface area contributed by atoms with E-state index < -0.39 is 11.5 Å². The SMILES string of the molecule is CCOc1ccc(C(=O)CC2(O)C(=O)N(CCc3ccccc3)c3ccccc32)cc1. The van der Waals surface area contributed by atoms with Gasteiger partial charge in [-0.05, 0) is 49.2 Å². The van der Waals surface area contributed by atoms with Gasteiger partial charge in [-0.2, -0.15) is 0 Å². The summed E-state index contributed by atoms with van der Waals surface area (Å²) in [4.78, 5) is 27.9. The van der Waals surface area contributed by atoms with Crippen molar-refractivity contribution in [3.05, 3.63) is 95.6 Å². The maximum Gasteiger partial charge on any atom is 0.264 e. The molecule has 5 nitrogen and oxygen atoms in total. The highest BCUT2D eigenvalue weighted by Crippen LogP contribution is 2.42. The first-order valence-electron chi connectivity index (χ1n) is 10.5. The van der Waals surface area contributed by atoms with Crippen LogP contribution in [0.25, 0.3) is 0 Å². The van der Waals surface area contributed by atoms with Crippen LogP contribution in [0.15, 0.2) is 78.9 Å². The third-order valence-electron chi connectivity index (χ3n) is 5.61. The second-order valence-electron chi connectivity index (χ2n) is 7.63. The summed E-state index contributed by atoms with van der Waals surface area (Å²) in [5.41, 5.74) is 0.805. The van der Waals surface area contributed by atoms with E-state index in [9.17, 15) is 14.7 Å². The lowest BCUT2D eigenvalue weighted by Crippen LogP contribution is -2.42. The molecule has 0 bridgehead atoms. The molecule has 4 rings (SSSR count). The number of aliphatic hydroxyl groups is 1. The molecule has 1 atom stereocenters. The van der Waals surface area contributed by atoms with E-state index in [4.69, 9.17) is 4.74 Å². The van der Waals surface area contributed by atoms with Crippen molar-refractivity contribution in [3.8, 4) is 5.75 Å². The number of ketones is 1. The molecule has 1 N–H and O–H groups in total. The lowest BCUT2D eigenvalue weighted by molar-refractivity contribution is -0.135. The predicted octanol–water partition coefficient (Wildman–Crippen LogP) is 4.14. The number of nitrogens with zero attached hydrogens (tertiary/aromatic N) is 1. The molecule has 1 amide bonds. The summed E-state index contributed by atoms with van der Waals surface area (Å²) in [6.07, 6.45) is 0.350. The van der Waals surface area contributed by atoms with Gasteiger partial charge < -0.3 is 14.7 Å². The quantitative estimate of drug-likeness (QED) is 0.562. The van der Waals surface area contributed by atoms with Crippen LogP contribution in [0.4, 0.5) is 5.69 Å². The van der Waals surface area contributed by atoms with Crippen LogP contribution in [-0.4, -0.2) is 29.9 Å². The van der Waals surface area contributed by atoms with Crippen LogP contribution >= 0.6 is 0 Å². The number of hydrogen-bond acceptors (Lipinski definition) is 4. The molecule has 0 spiro atoms. The molecular weight excluding hydrogens is 390 g/mol. The number of amides is 1. The van der Waals surface area contributed by atoms with Gasteiger partial charge >= 0.3 is 0 Å². The van der Waals surface area contributed by atoms with Crippen molar-refractivity contribution < 1.29 is 19.4 Å². The zero-order valence-corrected chi connectivity index (χ0v) is 17.5. The molecule has 0 aliphatic carbocycles. The summed E-state index contributed by atoms with van der Waals surface area (Å²) in [5, 5.41) is 11.4. The highest BCUT2D eigenvalue weighted by molar-refractivity contribution is 6.10. The molecule has 3 aromatic rings. The van der Waals surface area contributed by atoms with Gasteiger partial charge in [-0.3, -0.25) is 9.59 Å². The molecule has 0 fully saturated rings. The zero-order chi connectivity index (χ0) is 21.8. The van der Waals surface area contributed by atoms with Crippen molar-refractivity contribution in [3.63, 3.8) is 0 Å². The van der Waals surface area contributed by atoms with Gasteiger partial charge in [0, 0.05) is 17.7 Å². The van der Waals surface area contributed by atoms with Crippen molar-refractivity contribution in [2.24, 2.45) is 0 Å². The Morgan fingerprint density at radius 2 is 1.65 bits per heavy atom. The van der Waals surface area contributed by atoms with Gasteiger partial charge in [-0.25, -0.2) is 0 Å². The summed E-state index contributed by atoms with van der Waals surface area (Å²) in [6.45, 7) is 2.86. The maximum absolute atomic E-state index is 13.3. The molecule has 31 heavy (non-hydrogen) atoms. The normalized spacial score (nSPS) is 17.5. The minimum atomic E-state index is -1.87. The van der Waals surface area contributed by atoms with Gasteiger partial charge in [0.25, 0.3) is 5.91 Å². The van der Waals surface area contributed by atoms with Crippen LogP contribution in [0, 0.1) is 0 Å². The van der Waals surface area contributed by atoms with Crippen LogP contribution in [0.3, 0.4) is 0 Å². The van der Waals surface area contributed by atoms with Crippen LogP contribution in [0.1, 0.15) is 34.8 Å². The summed E-state index contributed by atoms with van der Waals surface area (Å²) in [5.74, 6) is -0.0744. The van der Waals surface area contributed by atoms with Crippen LogP contribution in [0.5, 0.6) is 5.75 Å². The standard InChI is InChI=1S/C26H25NO4/c1-2-31-21-14-12-20(13-15-21)24(28)18-26(30)22-10-6-7-11-23(22)27(25(26)29)17-16-19-8-4-3-5-9-19/h3-15,30H,2,16-18H2,1H3. The molecule has 0 saturated heterocycles. The minimum absolute atomic E-state index is 0.293. The number of anilines is 1.